The number of nitrogens with zero attached hydrogens (tertiary/aromatic N) is 3. The average Bonchev–Trinajstić information content (AvgIpc) is 2.54. The Bertz CT molecular complexity index is 433. The molecule has 0 aromatic heterocycles. The van der Waals surface area contributed by atoms with Crippen molar-refractivity contribution in [1.82, 2.24) is 9.38 Å². The minimum Gasteiger partial charge on any atom is -0.303 e. The quantitative estimate of drug-likeness (QED) is 0.697. The second-order valence-electron chi connectivity index (χ2n) is 5.14. The van der Waals surface area contributed by atoms with Crippen molar-refractivity contribution in [2.24, 2.45) is 4.99 Å². The highest BCUT2D eigenvalue weighted by Gasteiger charge is 2.30. The highest BCUT2D eigenvalue weighted by Crippen LogP contribution is 2.41. The van der Waals surface area contributed by atoms with Gasteiger partial charge in [-0.2, -0.15) is 4.99 Å². The number of fused-ring (bicyclic) bond motifs is 1. The van der Waals surface area contributed by atoms with Crippen molar-refractivity contribution in [3.63, 3.8) is 0 Å². The van der Waals surface area contributed by atoms with E-state index in [1.54, 1.807) is 0 Å². The van der Waals surface area contributed by atoms with Crippen molar-refractivity contribution in [1.29, 1.82) is 0 Å². The van der Waals surface area contributed by atoms with Crippen LogP contribution in [0.15, 0.2) is 23.2 Å². The third kappa shape index (κ3) is 1.66. The van der Waals surface area contributed by atoms with Crippen molar-refractivity contribution in [3.05, 3.63) is 23.8 Å². The number of hydrogen-bond acceptors (Lipinski definition) is 2. The van der Waals surface area contributed by atoms with Gasteiger partial charge in [0.05, 0.1) is 14.1 Å². The Hall–Kier alpha value is -1.19. The Morgan fingerprint density at radius 2 is 1.94 bits per heavy atom. The summed E-state index contributed by atoms with van der Waals surface area (Å²) in [4.78, 5) is 6.79. The van der Waals surface area contributed by atoms with Crippen LogP contribution in [0.2, 0.25) is 0 Å². The van der Waals surface area contributed by atoms with Crippen LogP contribution in [0.25, 0.3) is 0 Å². The molecule has 0 spiro atoms. The summed E-state index contributed by atoms with van der Waals surface area (Å²) in [6, 6.07) is 6.86. The van der Waals surface area contributed by atoms with E-state index in [1.807, 2.05) is 6.34 Å². The molecular formula is C13H20N3+. The highest BCUT2D eigenvalue weighted by molar-refractivity contribution is 5.89. The molecule has 1 atom stereocenters. The van der Waals surface area contributed by atoms with Crippen LogP contribution < -0.4 is 4.48 Å². The fourth-order valence-electron chi connectivity index (χ4n) is 2.03. The number of para-hydroxylation sites is 1. The molecule has 0 radical (unpaired) electrons. The predicted molar refractivity (Wildman–Crippen MR) is 70.3 cm³/mol. The lowest BCUT2D eigenvalue weighted by Gasteiger charge is -2.23. The van der Waals surface area contributed by atoms with Crippen LogP contribution in [0.5, 0.6) is 0 Å². The third-order valence-electron chi connectivity index (χ3n) is 3.37. The van der Waals surface area contributed by atoms with Crippen molar-refractivity contribution >= 4 is 17.7 Å². The van der Waals surface area contributed by atoms with E-state index >= 15 is 0 Å². The summed E-state index contributed by atoms with van der Waals surface area (Å²) >= 11 is 0. The van der Waals surface area contributed by atoms with Gasteiger partial charge in [-0.25, -0.2) is 0 Å². The molecule has 0 fully saturated rings. The first-order chi connectivity index (χ1) is 7.43. The molecule has 3 heteroatoms. The van der Waals surface area contributed by atoms with E-state index in [0.717, 1.165) is 10.2 Å². The molecule has 3 nitrogen and oxygen atoms in total. The summed E-state index contributed by atoms with van der Waals surface area (Å²) in [6.45, 7) is 2.21. The van der Waals surface area contributed by atoms with E-state index in [1.165, 1.54) is 11.3 Å². The monoisotopic (exact) mass is 218 g/mol. The van der Waals surface area contributed by atoms with Gasteiger partial charge < -0.3 is 4.90 Å². The smallest absolute Gasteiger partial charge is 0.195 e. The van der Waals surface area contributed by atoms with Crippen molar-refractivity contribution in [2.75, 3.05) is 28.2 Å². The van der Waals surface area contributed by atoms with E-state index < -0.39 is 0 Å². The predicted octanol–water partition coefficient (Wildman–Crippen LogP) is 2.55. The summed E-state index contributed by atoms with van der Waals surface area (Å²) in [5.74, 6) is 0. The van der Waals surface area contributed by atoms with Gasteiger partial charge in [-0.15, -0.1) is 0 Å². The van der Waals surface area contributed by atoms with Crippen LogP contribution in [0, 0.1) is 0 Å². The molecule has 1 aromatic carbocycles. The Labute approximate surface area is 97.6 Å². The molecule has 0 aliphatic carbocycles. The molecule has 1 aliphatic heterocycles. The summed E-state index contributed by atoms with van der Waals surface area (Å²) in [7, 11) is 8.50. The van der Waals surface area contributed by atoms with Gasteiger partial charge in [-0.1, -0.05) is 12.1 Å². The van der Waals surface area contributed by atoms with E-state index in [-0.39, 0.29) is 0 Å². The summed E-state index contributed by atoms with van der Waals surface area (Å²) in [6.07, 6.45) is 2.00. The minimum atomic E-state index is 0.394. The van der Waals surface area contributed by atoms with Crippen LogP contribution in [-0.4, -0.2) is 39.4 Å². The molecule has 1 heterocycles. The van der Waals surface area contributed by atoms with Gasteiger partial charge in [0, 0.05) is 17.7 Å². The Morgan fingerprint density at radius 1 is 1.25 bits per heavy atom. The summed E-state index contributed by atoms with van der Waals surface area (Å²) < 4.78 is 0.739. The second kappa shape index (κ2) is 3.68. The van der Waals surface area contributed by atoms with Crippen LogP contribution in [0.1, 0.15) is 18.5 Å². The molecule has 0 N–H and O–H groups in total. The number of rotatable bonds is 2. The van der Waals surface area contributed by atoms with Gasteiger partial charge in [0.2, 0.25) is 0 Å². The molecule has 0 bridgehead atoms. The molecule has 86 valence electrons. The van der Waals surface area contributed by atoms with Gasteiger partial charge in [-0.05, 0) is 21.0 Å². The van der Waals surface area contributed by atoms with Gasteiger partial charge >= 0.3 is 0 Å². The van der Waals surface area contributed by atoms with Crippen LogP contribution in [0.3, 0.4) is 0 Å². The molecule has 1 aromatic rings. The van der Waals surface area contributed by atoms with E-state index in [0.29, 0.717) is 6.04 Å². The minimum absolute atomic E-state index is 0.394. The molecule has 1 aliphatic rings. The van der Waals surface area contributed by atoms with Crippen LogP contribution >= 0.6 is 0 Å². The van der Waals surface area contributed by atoms with E-state index in [4.69, 9.17) is 0 Å². The molecule has 16 heavy (non-hydrogen) atoms. The highest BCUT2D eigenvalue weighted by atomic mass is 15.4. The maximum Gasteiger partial charge on any atom is 0.195 e. The molecule has 0 saturated carbocycles. The van der Waals surface area contributed by atoms with Crippen LogP contribution in [-0.2, 0) is 0 Å². The maximum absolute atomic E-state index is 4.58. The van der Waals surface area contributed by atoms with E-state index in [9.17, 15) is 0 Å². The lowest BCUT2D eigenvalue weighted by Crippen LogP contribution is -2.36. The maximum atomic E-state index is 4.58. The largest absolute Gasteiger partial charge is 0.303 e. The fraction of sp³-hybridized carbons (Fsp3) is 0.462. The lowest BCUT2D eigenvalue weighted by atomic mass is 10.0. The first-order valence-corrected chi connectivity index (χ1v) is 5.62. The fourth-order valence-corrected chi connectivity index (χ4v) is 2.03. The van der Waals surface area contributed by atoms with E-state index in [2.05, 4.69) is 63.2 Å². The number of benzene rings is 1. The van der Waals surface area contributed by atoms with Crippen molar-refractivity contribution < 1.29 is 0 Å². The first-order valence-electron chi connectivity index (χ1n) is 5.62. The zero-order valence-corrected chi connectivity index (χ0v) is 10.7. The van der Waals surface area contributed by atoms with Gasteiger partial charge in [0.15, 0.2) is 12.0 Å². The molecular weight excluding hydrogens is 198 g/mol. The van der Waals surface area contributed by atoms with Gasteiger partial charge in [0.1, 0.15) is 5.69 Å². The number of quaternary nitrogens is 1. The number of hydrogen-bond donors (Lipinski definition) is 0. The SMILES string of the molecule is CC(c1cccc2c1N=C[N+]2(C)C)N(C)C. The number of aliphatic imine (C=N–C) groups is 1. The van der Waals surface area contributed by atoms with Crippen molar-refractivity contribution in [2.45, 2.75) is 13.0 Å². The standard InChI is InChI=1S/C13H20N3/c1-10(15(2)3)11-7-6-8-12-13(11)14-9-16(12,4)5/h6-10H,1-5H3/q+1. The first kappa shape index (κ1) is 11.3. The van der Waals surface area contributed by atoms with Gasteiger partial charge in [-0.3, -0.25) is 4.48 Å². The molecule has 2 rings (SSSR count). The van der Waals surface area contributed by atoms with Crippen molar-refractivity contribution in [3.8, 4) is 0 Å². The molecule has 0 amide bonds. The lowest BCUT2D eigenvalue weighted by molar-refractivity contribution is 0.321. The topological polar surface area (TPSA) is 15.6 Å². The average molecular weight is 218 g/mol. The second-order valence-corrected chi connectivity index (χ2v) is 5.14. The van der Waals surface area contributed by atoms with Crippen LogP contribution in [0.4, 0.5) is 11.4 Å². The Kier molecular flexibility index (Phi) is 2.60. The Morgan fingerprint density at radius 3 is 2.56 bits per heavy atom. The summed E-state index contributed by atoms with van der Waals surface area (Å²) in [5.41, 5.74) is 3.74. The zero-order valence-electron chi connectivity index (χ0n) is 10.7. The van der Waals surface area contributed by atoms with Gasteiger partial charge in [0.25, 0.3) is 0 Å². The Balaban J connectivity index is 2.52. The molecule has 0 saturated heterocycles. The molecule has 1 unspecified atom stereocenters. The summed E-state index contributed by atoms with van der Waals surface area (Å²) in [5, 5.41) is 0. The normalized spacial score (nSPS) is 18.9. The third-order valence-corrected chi connectivity index (χ3v) is 3.37. The zero-order chi connectivity index (χ0) is 11.9.